The molecule has 1 heterocycles. The topological polar surface area (TPSA) is 87.0 Å². The molecule has 0 saturated heterocycles. The largest absolute Gasteiger partial charge is 0.384 e. The molecular formula is C41H46N2O5. The van der Waals surface area contributed by atoms with Crippen molar-refractivity contribution in [2.75, 3.05) is 13.7 Å². The minimum absolute atomic E-state index is 0.0130. The highest BCUT2D eigenvalue weighted by Crippen LogP contribution is 2.39. The lowest BCUT2D eigenvalue weighted by Crippen LogP contribution is -2.17. The van der Waals surface area contributed by atoms with Crippen LogP contribution in [0.1, 0.15) is 95.8 Å². The Hall–Kier alpha value is -4.62. The summed E-state index contributed by atoms with van der Waals surface area (Å²) in [5.41, 5.74) is 6.98. The Bertz CT molecular complexity index is 2030. The Labute approximate surface area is 282 Å². The summed E-state index contributed by atoms with van der Waals surface area (Å²) in [7, 11) is 1.54. The van der Waals surface area contributed by atoms with Crippen molar-refractivity contribution in [3.05, 3.63) is 94.0 Å². The van der Waals surface area contributed by atoms with Crippen LogP contribution in [-0.2, 0) is 20.9 Å². The fourth-order valence-electron chi connectivity index (χ4n) is 7.02. The van der Waals surface area contributed by atoms with Crippen LogP contribution >= 0.6 is 0 Å². The van der Waals surface area contributed by atoms with Gasteiger partial charge in [0, 0.05) is 65.4 Å². The lowest BCUT2D eigenvalue weighted by Gasteiger charge is -2.19. The van der Waals surface area contributed by atoms with E-state index in [0.29, 0.717) is 17.0 Å². The van der Waals surface area contributed by atoms with E-state index >= 15 is 0 Å². The summed E-state index contributed by atoms with van der Waals surface area (Å²) < 4.78 is 7.59. The van der Waals surface area contributed by atoms with Crippen LogP contribution in [0.25, 0.3) is 32.6 Å². The van der Waals surface area contributed by atoms with Crippen molar-refractivity contribution in [2.45, 2.75) is 80.2 Å². The molecule has 0 radical (unpaired) electrons. The molecule has 0 aliphatic rings. The van der Waals surface area contributed by atoms with Gasteiger partial charge in [-0.25, -0.2) is 4.79 Å². The van der Waals surface area contributed by atoms with Crippen LogP contribution in [0.5, 0.6) is 0 Å². The number of aryl methyl sites for hydroxylation is 3. The van der Waals surface area contributed by atoms with Crippen molar-refractivity contribution in [2.24, 2.45) is 11.1 Å². The number of carbonyl (C=O) groups is 3. The maximum absolute atomic E-state index is 14.5. The number of benzene rings is 4. The monoisotopic (exact) mass is 646 g/mol. The minimum Gasteiger partial charge on any atom is -0.384 e. The molecule has 7 heteroatoms. The first-order valence-electron chi connectivity index (χ1n) is 17.0. The van der Waals surface area contributed by atoms with Gasteiger partial charge in [-0.15, -0.1) is 0 Å². The van der Waals surface area contributed by atoms with Gasteiger partial charge in [0.2, 0.25) is 5.78 Å². The van der Waals surface area contributed by atoms with E-state index in [1.807, 2.05) is 63.2 Å². The molecule has 1 unspecified atom stereocenters. The van der Waals surface area contributed by atoms with Crippen LogP contribution < -0.4 is 0 Å². The maximum atomic E-state index is 14.5. The van der Waals surface area contributed by atoms with Crippen molar-refractivity contribution < 1.29 is 24.0 Å². The van der Waals surface area contributed by atoms with Crippen molar-refractivity contribution >= 4 is 55.8 Å². The summed E-state index contributed by atoms with van der Waals surface area (Å²) >= 11 is 0. The van der Waals surface area contributed by atoms with Gasteiger partial charge in [-0.3, -0.25) is 9.59 Å². The molecule has 0 N–H and O–H groups in total. The van der Waals surface area contributed by atoms with E-state index in [1.165, 1.54) is 6.92 Å². The molecule has 5 aromatic rings. The Kier molecular flexibility index (Phi) is 10.9. The Morgan fingerprint density at radius 1 is 0.875 bits per heavy atom. The van der Waals surface area contributed by atoms with E-state index in [2.05, 4.69) is 41.8 Å². The molecule has 0 fully saturated rings. The first kappa shape index (κ1) is 34.7. The molecule has 0 aliphatic carbocycles. The zero-order valence-corrected chi connectivity index (χ0v) is 29.2. The lowest BCUT2D eigenvalue weighted by atomic mass is 9.89. The number of hydrogen-bond donors (Lipinski definition) is 0. The zero-order valence-electron chi connectivity index (χ0n) is 29.2. The number of aromatic nitrogens is 1. The highest BCUT2D eigenvalue weighted by molar-refractivity contribution is 6.46. The van der Waals surface area contributed by atoms with Gasteiger partial charge in [0.1, 0.15) is 5.71 Å². The van der Waals surface area contributed by atoms with Gasteiger partial charge in [-0.2, -0.15) is 0 Å². The van der Waals surface area contributed by atoms with Crippen LogP contribution in [0.4, 0.5) is 0 Å². The van der Waals surface area contributed by atoms with Gasteiger partial charge in [0.05, 0.1) is 12.1 Å². The smallest absolute Gasteiger partial charge is 0.331 e. The first-order chi connectivity index (χ1) is 23.1. The van der Waals surface area contributed by atoms with E-state index in [4.69, 9.17) is 9.57 Å². The van der Waals surface area contributed by atoms with Gasteiger partial charge in [-0.1, -0.05) is 80.2 Å². The molecule has 1 atom stereocenters. The van der Waals surface area contributed by atoms with Crippen molar-refractivity contribution in [1.82, 2.24) is 4.57 Å². The summed E-state index contributed by atoms with van der Waals surface area (Å²) in [6, 6.07) is 20.0. The van der Waals surface area contributed by atoms with Crippen LogP contribution in [-0.4, -0.2) is 41.5 Å². The van der Waals surface area contributed by atoms with Crippen LogP contribution in [0.15, 0.2) is 65.8 Å². The number of hydrogen-bond acceptors (Lipinski definition) is 6. The summed E-state index contributed by atoms with van der Waals surface area (Å²) in [5, 5.41) is 7.61. The maximum Gasteiger partial charge on any atom is 0.331 e. The fourth-order valence-corrected chi connectivity index (χ4v) is 7.02. The van der Waals surface area contributed by atoms with E-state index in [1.54, 1.807) is 7.11 Å². The quantitative estimate of drug-likeness (QED) is 0.0519. The van der Waals surface area contributed by atoms with Gasteiger partial charge in [-0.05, 0) is 73.9 Å². The molecule has 4 aromatic carbocycles. The number of unbranched alkanes of at least 4 members (excludes halogenated alkanes) is 1. The summed E-state index contributed by atoms with van der Waals surface area (Å²) in [5.74, 6) is -0.484. The predicted molar refractivity (Wildman–Crippen MR) is 194 cm³/mol. The van der Waals surface area contributed by atoms with Crippen molar-refractivity contribution in [3.8, 4) is 0 Å². The summed E-state index contributed by atoms with van der Waals surface area (Å²) in [4.78, 5) is 44.8. The second-order valence-electron chi connectivity index (χ2n) is 12.9. The normalized spacial score (nSPS) is 12.6. The second kappa shape index (κ2) is 15.1. The number of ketones is 2. The second-order valence-corrected chi connectivity index (χ2v) is 12.9. The number of ether oxygens (including phenoxy) is 1. The first-order valence-corrected chi connectivity index (χ1v) is 17.0. The molecule has 0 bridgehead atoms. The third-order valence-corrected chi connectivity index (χ3v) is 9.35. The molecule has 0 amide bonds. The molecule has 48 heavy (non-hydrogen) atoms. The molecule has 250 valence electrons. The number of fused-ring (bicyclic) bond motifs is 5. The number of rotatable bonds is 14. The number of Topliss-reactive ketones (excluding diaryl/α,β-unsaturated/α-hetero) is 1. The molecule has 0 spiro atoms. The van der Waals surface area contributed by atoms with Crippen LogP contribution in [0.2, 0.25) is 0 Å². The third-order valence-electron chi connectivity index (χ3n) is 9.35. The highest BCUT2D eigenvalue weighted by Gasteiger charge is 2.24. The van der Waals surface area contributed by atoms with Crippen molar-refractivity contribution in [3.63, 3.8) is 0 Å². The van der Waals surface area contributed by atoms with E-state index in [9.17, 15) is 14.4 Å². The average Bonchev–Trinajstić information content (AvgIpc) is 3.37. The minimum atomic E-state index is -0.604. The molecule has 1 aromatic heterocycles. The standard InChI is InChI=1S/C41H46N2O5/c1-8-10-13-29(9-2)24-43-37-17-16-30(40(45)36(18-19-47-7)42-48-28(6)44)22-33(37)34-23-35(31-14-11-12-15-32(31)39(34)43)41(46)38-26(4)20-25(3)21-27(38)5/h11-12,14-17,20-23,29H,8-10,13,18-19,24H2,1-7H3/b42-36-. The van der Waals surface area contributed by atoms with Crippen LogP contribution in [0, 0.1) is 26.7 Å². The van der Waals surface area contributed by atoms with Gasteiger partial charge in [0.15, 0.2) is 5.78 Å². The van der Waals surface area contributed by atoms with Gasteiger partial charge in [0.25, 0.3) is 0 Å². The molecule has 0 aliphatic heterocycles. The van der Waals surface area contributed by atoms with Crippen LogP contribution in [0.3, 0.4) is 0 Å². The van der Waals surface area contributed by atoms with Gasteiger partial charge < -0.3 is 14.1 Å². The number of oxime groups is 1. The zero-order chi connectivity index (χ0) is 34.5. The Morgan fingerprint density at radius 2 is 1.58 bits per heavy atom. The number of carbonyl (C=O) groups excluding carboxylic acids is 3. The molecule has 0 saturated carbocycles. The Morgan fingerprint density at radius 3 is 2.23 bits per heavy atom. The number of nitrogens with zero attached hydrogens (tertiary/aromatic N) is 2. The Balaban J connectivity index is 1.80. The molecular weight excluding hydrogens is 600 g/mol. The van der Waals surface area contributed by atoms with E-state index in [0.717, 1.165) is 87.1 Å². The summed E-state index contributed by atoms with van der Waals surface area (Å²) in [6.07, 6.45) is 4.67. The predicted octanol–water partition coefficient (Wildman–Crippen LogP) is 9.46. The molecule has 5 rings (SSSR count). The fraction of sp³-hybridized carbons (Fsp3) is 0.366. The summed E-state index contributed by atoms with van der Waals surface area (Å²) in [6.45, 7) is 12.8. The SMILES string of the molecule is CCCCC(CC)Cn1c2ccc(C(=O)/C(CCOC)=N\OC(C)=O)cc2c2cc(C(=O)c3c(C)cc(C)cc3C)c3ccccc3c21. The van der Waals surface area contributed by atoms with E-state index < -0.39 is 5.97 Å². The highest BCUT2D eigenvalue weighted by atomic mass is 16.7. The van der Waals surface area contributed by atoms with E-state index in [-0.39, 0.29) is 30.3 Å². The molecule has 7 nitrogen and oxygen atoms in total. The van der Waals surface area contributed by atoms with Crippen molar-refractivity contribution in [1.29, 1.82) is 0 Å². The third kappa shape index (κ3) is 6.97. The average molecular weight is 647 g/mol. The number of methoxy groups -OCH3 is 1. The lowest BCUT2D eigenvalue weighted by molar-refractivity contribution is -0.140. The van der Waals surface area contributed by atoms with Gasteiger partial charge >= 0.3 is 5.97 Å².